The molecule has 2 fully saturated rings. The number of carbonyl (C=O) groups excluding carboxylic acids is 1. The third-order valence-electron chi connectivity index (χ3n) is 5.64. The molecule has 0 aromatic rings. The van der Waals surface area contributed by atoms with E-state index in [1.54, 1.807) is 19.1 Å². The highest BCUT2D eigenvalue weighted by Gasteiger charge is 2.49. The van der Waals surface area contributed by atoms with Gasteiger partial charge in [0.05, 0.1) is 17.7 Å². The molecule has 2 N–H and O–H groups in total. The average Bonchev–Trinajstić information content (AvgIpc) is 2.89. The standard InChI is InChI=1S/C21H40N4O5.HI/c1-15-16(25(20(5,6)29-15)18(26)30-19(2,3)4)13-23-17(22-7)24-14-21(27-8)9-11-28-12-10-21;/h15-16H,9-14H2,1-8H3,(H2,22,23,24);1H. The minimum atomic E-state index is -0.757. The van der Waals surface area contributed by atoms with Gasteiger partial charge in [-0.05, 0) is 41.5 Å². The zero-order valence-electron chi connectivity index (χ0n) is 20.2. The summed E-state index contributed by atoms with van der Waals surface area (Å²) in [5, 5.41) is 6.69. The summed E-state index contributed by atoms with van der Waals surface area (Å²) >= 11 is 0. The Bertz CT molecular complexity index is 617. The van der Waals surface area contributed by atoms with Crippen LogP contribution in [0.2, 0.25) is 0 Å². The first kappa shape index (κ1) is 28.2. The van der Waals surface area contributed by atoms with Crippen molar-refractivity contribution in [2.45, 2.75) is 83.5 Å². The van der Waals surface area contributed by atoms with E-state index in [2.05, 4.69) is 15.6 Å². The lowest BCUT2D eigenvalue weighted by molar-refractivity contribution is -0.0855. The molecule has 2 unspecified atom stereocenters. The lowest BCUT2D eigenvalue weighted by atomic mass is 9.94. The molecule has 182 valence electrons. The van der Waals surface area contributed by atoms with Crippen molar-refractivity contribution in [3.8, 4) is 0 Å². The maximum absolute atomic E-state index is 12.9. The largest absolute Gasteiger partial charge is 0.444 e. The first-order valence-electron chi connectivity index (χ1n) is 10.7. The van der Waals surface area contributed by atoms with Crippen molar-refractivity contribution in [2.24, 2.45) is 4.99 Å². The van der Waals surface area contributed by atoms with E-state index in [9.17, 15) is 4.79 Å². The number of hydrogen-bond acceptors (Lipinski definition) is 6. The molecule has 1 amide bonds. The minimum Gasteiger partial charge on any atom is -0.444 e. The number of amides is 1. The summed E-state index contributed by atoms with van der Waals surface area (Å²) in [6.07, 6.45) is 1.13. The van der Waals surface area contributed by atoms with Gasteiger partial charge in [0, 0.05) is 53.3 Å². The molecule has 31 heavy (non-hydrogen) atoms. The maximum Gasteiger partial charge on any atom is 0.412 e. The van der Waals surface area contributed by atoms with Gasteiger partial charge in [0.15, 0.2) is 5.96 Å². The van der Waals surface area contributed by atoms with Crippen molar-refractivity contribution < 1.29 is 23.7 Å². The van der Waals surface area contributed by atoms with Crippen molar-refractivity contribution in [1.82, 2.24) is 15.5 Å². The summed E-state index contributed by atoms with van der Waals surface area (Å²) in [4.78, 5) is 18.9. The predicted molar refractivity (Wildman–Crippen MR) is 131 cm³/mol. The van der Waals surface area contributed by atoms with Crippen LogP contribution >= 0.6 is 24.0 Å². The van der Waals surface area contributed by atoms with E-state index in [1.807, 2.05) is 41.5 Å². The van der Waals surface area contributed by atoms with Gasteiger partial charge < -0.3 is 29.6 Å². The van der Waals surface area contributed by atoms with Crippen LogP contribution in [0.3, 0.4) is 0 Å². The molecule has 0 spiro atoms. The zero-order valence-corrected chi connectivity index (χ0v) is 22.6. The fourth-order valence-corrected chi connectivity index (χ4v) is 3.99. The normalized spacial score (nSPS) is 25.5. The van der Waals surface area contributed by atoms with Crippen molar-refractivity contribution in [2.75, 3.05) is 40.5 Å². The second-order valence-corrected chi connectivity index (χ2v) is 9.49. The molecule has 0 radical (unpaired) electrons. The Morgan fingerprint density at radius 1 is 1.23 bits per heavy atom. The Balaban J connectivity index is 0.00000480. The summed E-state index contributed by atoms with van der Waals surface area (Å²) < 4.78 is 22.9. The summed E-state index contributed by atoms with van der Waals surface area (Å²) in [6, 6.07) is -0.201. The molecule has 9 nitrogen and oxygen atoms in total. The summed E-state index contributed by atoms with van der Waals surface area (Å²) in [5.41, 5.74) is -1.59. The number of rotatable bonds is 5. The molecule has 2 saturated heterocycles. The molecule has 2 aliphatic rings. The van der Waals surface area contributed by atoms with Crippen LogP contribution in [0, 0.1) is 0 Å². The van der Waals surface area contributed by atoms with Crippen LogP contribution in [-0.4, -0.2) is 86.5 Å². The number of ether oxygens (including phenoxy) is 4. The smallest absolute Gasteiger partial charge is 0.412 e. The highest BCUT2D eigenvalue weighted by molar-refractivity contribution is 14.0. The number of aliphatic imine (C=N–C) groups is 1. The van der Waals surface area contributed by atoms with Gasteiger partial charge in [0.1, 0.15) is 11.3 Å². The van der Waals surface area contributed by atoms with E-state index in [0.29, 0.717) is 32.3 Å². The third kappa shape index (κ3) is 7.61. The first-order chi connectivity index (χ1) is 13.9. The molecule has 0 aromatic heterocycles. The molecule has 0 bridgehead atoms. The zero-order chi connectivity index (χ0) is 22.6. The van der Waals surface area contributed by atoms with E-state index in [-0.39, 0.29) is 47.8 Å². The molecule has 2 heterocycles. The Labute approximate surface area is 204 Å². The lowest BCUT2D eigenvalue weighted by Crippen LogP contribution is -2.55. The Hall–Kier alpha value is -0.850. The van der Waals surface area contributed by atoms with Crippen molar-refractivity contribution in [3.63, 3.8) is 0 Å². The SMILES string of the molecule is CN=C(NCC1C(C)OC(C)(C)N1C(=O)OC(C)(C)C)NCC1(OC)CCOCC1.I. The van der Waals surface area contributed by atoms with E-state index in [4.69, 9.17) is 18.9 Å². The number of nitrogens with one attached hydrogen (secondary N) is 2. The number of methoxy groups -OCH3 is 1. The van der Waals surface area contributed by atoms with Gasteiger partial charge in [-0.15, -0.1) is 24.0 Å². The number of carbonyl (C=O) groups is 1. The summed E-state index contributed by atoms with van der Waals surface area (Å²) in [5.74, 6) is 0.652. The lowest BCUT2D eigenvalue weighted by Gasteiger charge is -2.37. The highest BCUT2D eigenvalue weighted by Crippen LogP contribution is 2.33. The van der Waals surface area contributed by atoms with Gasteiger partial charge in [0.2, 0.25) is 0 Å². The van der Waals surface area contributed by atoms with Crippen LogP contribution in [0.1, 0.15) is 54.4 Å². The van der Waals surface area contributed by atoms with Crippen LogP contribution in [0.4, 0.5) is 4.79 Å². The van der Waals surface area contributed by atoms with E-state index >= 15 is 0 Å². The van der Waals surface area contributed by atoms with Gasteiger partial charge in [-0.2, -0.15) is 0 Å². The predicted octanol–water partition coefficient (Wildman–Crippen LogP) is 2.73. The molecular formula is C21H41IN4O5. The van der Waals surface area contributed by atoms with Crippen molar-refractivity contribution in [3.05, 3.63) is 0 Å². The summed E-state index contributed by atoms with van der Waals surface area (Å²) in [6.45, 7) is 13.8. The number of nitrogens with zero attached hydrogens (tertiary/aromatic N) is 2. The number of guanidine groups is 1. The second kappa shape index (κ2) is 11.3. The minimum absolute atomic E-state index is 0. The first-order valence-corrected chi connectivity index (χ1v) is 10.7. The van der Waals surface area contributed by atoms with Gasteiger partial charge in [-0.25, -0.2) is 4.79 Å². The highest BCUT2D eigenvalue weighted by atomic mass is 127. The van der Waals surface area contributed by atoms with Crippen molar-refractivity contribution >= 4 is 36.0 Å². The Morgan fingerprint density at radius 3 is 2.35 bits per heavy atom. The van der Waals surface area contributed by atoms with E-state index in [0.717, 1.165) is 12.8 Å². The number of halogens is 1. The topological polar surface area (TPSA) is 93.7 Å². The van der Waals surface area contributed by atoms with Gasteiger partial charge in [0.25, 0.3) is 0 Å². The fourth-order valence-electron chi connectivity index (χ4n) is 3.99. The van der Waals surface area contributed by atoms with Crippen LogP contribution in [0.25, 0.3) is 0 Å². The van der Waals surface area contributed by atoms with Crippen LogP contribution in [-0.2, 0) is 18.9 Å². The molecular weight excluding hydrogens is 515 g/mol. The Kier molecular flexibility index (Phi) is 10.3. The quantitative estimate of drug-likeness (QED) is 0.306. The molecule has 0 aromatic carbocycles. The second-order valence-electron chi connectivity index (χ2n) is 9.49. The van der Waals surface area contributed by atoms with Gasteiger partial charge >= 0.3 is 6.09 Å². The molecule has 2 aliphatic heterocycles. The van der Waals surface area contributed by atoms with Gasteiger partial charge in [-0.3, -0.25) is 9.89 Å². The van der Waals surface area contributed by atoms with E-state index < -0.39 is 11.3 Å². The monoisotopic (exact) mass is 556 g/mol. The van der Waals surface area contributed by atoms with Crippen molar-refractivity contribution in [1.29, 1.82) is 0 Å². The third-order valence-corrected chi connectivity index (χ3v) is 5.64. The van der Waals surface area contributed by atoms with E-state index in [1.165, 1.54) is 0 Å². The molecule has 0 aliphatic carbocycles. The molecule has 0 saturated carbocycles. The van der Waals surface area contributed by atoms with Crippen LogP contribution in [0.15, 0.2) is 4.99 Å². The summed E-state index contributed by atoms with van der Waals surface area (Å²) in [7, 11) is 3.46. The number of hydrogen-bond donors (Lipinski definition) is 2. The maximum atomic E-state index is 12.9. The molecule has 10 heteroatoms. The van der Waals surface area contributed by atoms with Gasteiger partial charge in [-0.1, -0.05) is 0 Å². The Morgan fingerprint density at radius 2 is 1.84 bits per heavy atom. The molecule has 2 atom stereocenters. The van der Waals surface area contributed by atoms with Crippen LogP contribution in [0.5, 0.6) is 0 Å². The average molecular weight is 556 g/mol. The fraction of sp³-hybridized carbons (Fsp3) is 0.905. The molecule has 2 rings (SSSR count). The van der Waals surface area contributed by atoms with Crippen LogP contribution < -0.4 is 10.6 Å².